The summed E-state index contributed by atoms with van der Waals surface area (Å²) in [6.07, 6.45) is 3.65. The molecule has 1 atom stereocenters. The first-order valence-electron chi connectivity index (χ1n) is 8.74. The molecule has 1 spiro atoms. The summed E-state index contributed by atoms with van der Waals surface area (Å²) >= 11 is 0. The number of hydrogen-bond donors (Lipinski definition) is 0. The van der Waals surface area contributed by atoms with Crippen LogP contribution in [-0.4, -0.2) is 58.5 Å². The molecule has 0 aliphatic carbocycles. The van der Waals surface area contributed by atoms with Crippen molar-refractivity contribution in [1.82, 2.24) is 14.9 Å². The second kappa shape index (κ2) is 6.70. The minimum absolute atomic E-state index is 0.0657. The van der Waals surface area contributed by atoms with E-state index in [9.17, 15) is 14.0 Å². The Morgan fingerprint density at radius 2 is 1.96 bits per heavy atom. The normalized spacial score (nSPS) is 22.5. The molecule has 2 fully saturated rings. The van der Waals surface area contributed by atoms with E-state index < -0.39 is 5.60 Å². The minimum atomic E-state index is -0.629. The minimum Gasteiger partial charge on any atom is -0.361 e. The molecule has 2 amide bonds. The van der Waals surface area contributed by atoms with Crippen LogP contribution in [0, 0.1) is 12.7 Å². The Morgan fingerprint density at radius 3 is 2.67 bits per heavy atom. The van der Waals surface area contributed by atoms with Crippen LogP contribution in [0.25, 0.3) is 0 Å². The van der Waals surface area contributed by atoms with Crippen molar-refractivity contribution in [2.24, 2.45) is 0 Å². The molecule has 0 bridgehead atoms. The van der Waals surface area contributed by atoms with Gasteiger partial charge >= 0.3 is 0 Å². The molecule has 0 radical (unpaired) electrons. The number of carbonyl (C=O) groups is 2. The highest BCUT2D eigenvalue weighted by molar-refractivity contribution is 5.95. The number of benzene rings is 1. The number of amides is 2. The molecule has 2 aliphatic heterocycles. The molecule has 1 unspecified atom stereocenters. The number of rotatable bonds is 2. The molecule has 8 heteroatoms. The topological polar surface area (TPSA) is 75.6 Å². The summed E-state index contributed by atoms with van der Waals surface area (Å²) < 4.78 is 19.0. The summed E-state index contributed by atoms with van der Waals surface area (Å²) in [5.41, 5.74) is 1.03. The van der Waals surface area contributed by atoms with Crippen LogP contribution in [0.5, 0.6) is 0 Å². The zero-order valence-electron chi connectivity index (χ0n) is 14.9. The molecule has 1 aromatic carbocycles. The lowest BCUT2D eigenvalue weighted by molar-refractivity contribution is -0.137. The Morgan fingerprint density at radius 1 is 1.19 bits per heavy atom. The Balaban J connectivity index is 1.50. The lowest BCUT2D eigenvalue weighted by Gasteiger charge is -2.40. The third-order valence-corrected chi connectivity index (χ3v) is 4.99. The van der Waals surface area contributed by atoms with E-state index in [0.29, 0.717) is 37.4 Å². The van der Waals surface area contributed by atoms with E-state index in [4.69, 9.17) is 4.74 Å². The zero-order valence-corrected chi connectivity index (χ0v) is 14.9. The van der Waals surface area contributed by atoms with Crippen LogP contribution in [0.1, 0.15) is 22.6 Å². The molecular weight excluding hydrogens is 351 g/mol. The predicted molar refractivity (Wildman–Crippen MR) is 94.7 cm³/mol. The average molecular weight is 370 g/mol. The van der Waals surface area contributed by atoms with Crippen LogP contribution in [-0.2, 0) is 9.53 Å². The number of aromatic nitrogens is 2. The predicted octanol–water partition coefficient (Wildman–Crippen LogP) is 1.57. The molecule has 27 heavy (non-hydrogen) atoms. The van der Waals surface area contributed by atoms with E-state index in [2.05, 4.69) is 9.97 Å². The molecule has 1 aromatic heterocycles. The van der Waals surface area contributed by atoms with E-state index in [0.717, 1.165) is 5.69 Å². The highest BCUT2D eigenvalue weighted by Crippen LogP contribution is 2.32. The van der Waals surface area contributed by atoms with Crippen LogP contribution in [0.2, 0.25) is 0 Å². The maximum Gasteiger partial charge on any atom is 0.274 e. The number of halogens is 1. The van der Waals surface area contributed by atoms with E-state index >= 15 is 0 Å². The van der Waals surface area contributed by atoms with Gasteiger partial charge < -0.3 is 14.5 Å². The van der Waals surface area contributed by atoms with Gasteiger partial charge in [-0.15, -0.1) is 0 Å². The van der Waals surface area contributed by atoms with E-state index in [1.165, 1.54) is 18.3 Å². The van der Waals surface area contributed by atoms with Gasteiger partial charge in [0.2, 0.25) is 0 Å². The Bertz CT molecular complexity index is 872. The number of aryl methyl sites for hydroxylation is 1. The van der Waals surface area contributed by atoms with Crippen LogP contribution in [0.15, 0.2) is 36.7 Å². The summed E-state index contributed by atoms with van der Waals surface area (Å²) in [4.78, 5) is 36.5. The van der Waals surface area contributed by atoms with Crippen molar-refractivity contribution in [2.75, 3.05) is 31.1 Å². The first-order chi connectivity index (χ1) is 13.0. The summed E-state index contributed by atoms with van der Waals surface area (Å²) in [5, 5.41) is 0. The van der Waals surface area contributed by atoms with Crippen LogP contribution in [0.3, 0.4) is 0 Å². The van der Waals surface area contributed by atoms with Gasteiger partial charge in [-0.25, -0.2) is 9.37 Å². The second-order valence-electron chi connectivity index (χ2n) is 6.95. The van der Waals surface area contributed by atoms with Gasteiger partial charge in [-0.1, -0.05) is 0 Å². The van der Waals surface area contributed by atoms with Gasteiger partial charge in [-0.05, 0) is 37.6 Å². The Labute approximate surface area is 155 Å². The van der Waals surface area contributed by atoms with Crippen molar-refractivity contribution in [3.63, 3.8) is 0 Å². The maximum atomic E-state index is 13.2. The van der Waals surface area contributed by atoms with E-state index in [1.54, 1.807) is 28.1 Å². The molecule has 2 aromatic rings. The summed E-state index contributed by atoms with van der Waals surface area (Å²) in [7, 11) is 0. The third-order valence-electron chi connectivity index (χ3n) is 4.99. The Hall–Kier alpha value is -2.87. The molecule has 140 valence electrons. The number of likely N-dealkylation sites (tertiary alicyclic amines) is 1. The van der Waals surface area contributed by atoms with Gasteiger partial charge in [0.1, 0.15) is 23.7 Å². The Kier molecular flexibility index (Phi) is 4.35. The van der Waals surface area contributed by atoms with Gasteiger partial charge in [0.25, 0.3) is 11.8 Å². The van der Waals surface area contributed by atoms with Crippen molar-refractivity contribution < 1.29 is 18.7 Å². The second-order valence-corrected chi connectivity index (χ2v) is 6.95. The number of nitrogens with zero attached hydrogens (tertiary/aromatic N) is 4. The van der Waals surface area contributed by atoms with E-state index in [-0.39, 0.29) is 24.2 Å². The molecule has 2 aliphatic rings. The highest BCUT2D eigenvalue weighted by atomic mass is 19.1. The smallest absolute Gasteiger partial charge is 0.274 e. The fraction of sp³-hybridized carbons (Fsp3) is 0.368. The van der Waals surface area contributed by atoms with Crippen LogP contribution in [0.4, 0.5) is 10.1 Å². The van der Waals surface area contributed by atoms with Gasteiger partial charge in [-0.3, -0.25) is 14.6 Å². The van der Waals surface area contributed by atoms with Crippen LogP contribution < -0.4 is 4.90 Å². The summed E-state index contributed by atoms with van der Waals surface area (Å²) in [6, 6.07) is 5.80. The monoisotopic (exact) mass is 370 g/mol. The molecule has 7 nitrogen and oxygen atoms in total. The lowest BCUT2D eigenvalue weighted by Crippen LogP contribution is -2.56. The number of carbonyl (C=O) groups excluding carboxylic acids is 2. The van der Waals surface area contributed by atoms with E-state index in [1.807, 2.05) is 6.92 Å². The number of morpholine rings is 1. The number of hydrogen-bond acceptors (Lipinski definition) is 5. The van der Waals surface area contributed by atoms with Gasteiger partial charge in [0.05, 0.1) is 25.0 Å². The average Bonchev–Trinajstić information content (AvgIpc) is 3.08. The van der Waals surface area contributed by atoms with Crippen molar-refractivity contribution in [3.8, 4) is 0 Å². The fourth-order valence-electron chi connectivity index (χ4n) is 3.50. The molecule has 3 heterocycles. The van der Waals surface area contributed by atoms with Crippen molar-refractivity contribution >= 4 is 17.5 Å². The standard InChI is InChI=1S/C19H19FN4O3/c1-13-8-22-16(9-21-13)18(26)23-7-6-19(11-23)12-24(17(25)10-27-19)15-4-2-14(20)3-5-15/h2-5,8-9H,6-7,10-12H2,1H3. The summed E-state index contributed by atoms with van der Waals surface area (Å²) in [5.74, 6) is -0.736. The van der Waals surface area contributed by atoms with Crippen molar-refractivity contribution in [3.05, 3.63) is 53.9 Å². The van der Waals surface area contributed by atoms with Gasteiger partial charge in [0, 0.05) is 18.4 Å². The van der Waals surface area contributed by atoms with Crippen molar-refractivity contribution in [2.45, 2.75) is 18.9 Å². The zero-order chi connectivity index (χ0) is 19.0. The third kappa shape index (κ3) is 3.40. The molecule has 0 N–H and O–H groups in total. The first-order valence-corrected chi connectivity index (χ1v) is 8.74. The quantitative estimate of drug-likeness (QED) is 0.802. The van der Waals surface area contributed by atoms with Crippen LogP contribution >= 0.6 is 0 Å². The first kappa shape index (κ1) is 17.5. The largest absolute Gasteiger partial charge is 0.361 e. The SMILES string of the molecule is Cc1cnc(C(=O)N2CCC3(C2)CN(c2ccc(F)cc2)C(=O)CO3)cn1. The molecule has 0 saturated carbocycles. The van der Waals surface area contributed by atoms with Gasteiger partial charge in [0.15, 0.2) is 0 Å². The molecule has 2 saturated heterocycles. The summed E-state index contributed by atoms with van der Waals surface area (Å²) in [6.45, 7) is 2.94. The molecule has 4 rings (SSSR count). The molecular formula is C19H19FN4O3. The van der Waals surface area contributed by atoms with Crippen molar-refractivity contribution in [1.29, 1.82) is 0 Å². The lowest BCUT2D eigenvalue weighted by atomic mass is 10.00. The maximum absolute atomic E-state index is 13.2. The van der Waals surface area contributed by atoms with Gasteiger partial charge in [-0.2, -0.15) is 0 Å². The number of ether oxygens (including phenoxy) is 1. The number of anilines is 1. The highest BCUT2D eigenvalue weighted by Gasteiger charge is 2.46. The fourth-order valence-corrected chi connectivity index (χ4v) is 3.50.